The van der Waals surface area contributed by atoms with Gasteiger partial charge >= 0.3 is 6.03 Å². The summed E-state index contributed by atoms with van der Waals surface area (Å²) in [5.41, 5.74) is 1.91. The number of carbonyl (C=O) groups is 1. The lowest BCUT2D eigenvalue weighted by atomic mass is 9.92. The highest BCUT2D eigenvalue weighted by Crippen LogP contribution is 2.29. The first-order valence-corrected chi connectivity index (χ1v) is 10.7. The molecule has 4 rings (SSSR count). The van der Waals surface area contributed by atoms with Gasteiger partial charge in [-0.25, -0.2) is 19.2 Å². The summed E-state index contributed by atoms with van der Waals surface area (Å²) in [5.74, 6) is 0.0713. The molecule has 0 aliphatic carbocycles. The summed E-state index contributed by atoms with van der Waals surface area (Å²) in [7, 11) is 0. The zero-order valence-corrected chi connectivity index (χ0v) is 19.2. The number of urea groups is 1. The van der Waals surface area contributed by atoms with Crippen LogP contribution in [0.3, 0.4) is 0 Å². The van der Waals surface area contributed by atoms with Crippen molar-refractivity contribution in [2.75, 3.05) is 10.6 Å². The molecule has 33 heavy (non-hydrogen) atoms. The highest BCUT2D eigenvalue weighted by molar-refractivity contribution is 7.09. The van der Waals surface area contributed by atoms with Crippen LogP contribution in [0.5, 0.6) is 11.6 Å². The monoisotopic (exact) mass is 468 g/mol. The van der Waals surface area contributed by atoms with Crippen molar-refractivity contribution in [3.63, 3.8) is 0 Å². The molecule has 0 aliphatic rings. The van der Waals surface area contributed by atoms with E-state index in [-0.39, 0.29) is 28.6 Å². The molecule has 4 aromatic rings. The number of hydrogen-bond donors (Lipinski definition) is 2. The summed E-state index contributed by atoms with van der Waals surface area (Å²) >= 11 is 1.32. The molecule has 3 aromatic heterocycles. The molecule has 0 saturated carbocycles. The third kappa shape index (κ3) is 5.50. The Morgan fingerprint density at radius 3 is 2.64 bits per heavy atom. The molecule has 0 fully saturated rings. The summed E-state index contributed by atoms with van der Waals surface area (Å²) in [5, 5.41) is 8.87. The second kappa shape index (κ2) is 8.94. The van der Waals surface area contributed by atoms with Crippen molar-refractivity contribution in [1.29, 1.82) is 0 Å². The van der Waals surface area contributed by atoms with E-state index in [0.29, 0.717) is 11.4 Å². The highest BCUT2D eigenvalue weighted by atomic mass is 32.1. The number of halogens is 1. The Morgan fingerprint density at radius 2 is 1.94 bits per heavy atom. The maximum absolute atomic E-state index is 14.3. The molecule has 2 N–H and O–H groups in total. The molecule has 2 amide bonds. The summed E-state index contributed by atoms with van der Waals surface area (Å²) in [6, 6.07) is 8.48. The van der Waals surface area contributed by atoms with E-state index in [0.717, 1.165) is 10.6 Å². The van der Waals surface area contributed by atoms with Gasteiger partial charge in [0, 0.05) is 23.6 Å². The minimum Gasteiger partial charge on any atom is -0.439 e. The summed E-state index contributed by atoms with van der Waals surface area (Å²) < 4.78 is 29.4. The highest BCUT2D eigenvalue weighted by Gasteiger charge is 2.20. The molecule has 170 valence electrons. The lowest BCUT2D eigenvalue weighted by Gasteiger charge is -2.12. The predicted molar refractivity (Wildman–Crippen MR) is 122 cm³/mol. The first-order chi connectivity index (χ1) is 15.7. The van der Waals surface area contributed by atoms with Gasteiger partial charge in [-0.1, -0.05) is 25.9 Å². The number of ether oxygens (including phenoxy) is 1. The fourth-order valence-corrected chi connectivity index (χ4v) is 3.48. The molecule has 9 nitrogen and oxygen atoms in total. The van der Waals surface area contributed by atoms with Gasteiger partial charge in [0.15, 0.2) is 0 Å². The number of rotatable bonds is 5. The van der Waals surface area contributed by atoms with Crippen LogP contribution in [0.1, 0.15) is 32.2 Å². The van der Waals surface area contributed by atoms with Gasteiger partial charge in [0.1, 0.15) is 17.9 Å². The van der Waals surface area contributed by atoms with E-state index in [9.17, 15) is 9.18 Å². The topological polar surface area (TPSA) is 115 Å². The number of carbonyl (C=O) groups excluding carboxylic acids is 1. The Morgan fingerprint density at radius 1 is 1.12 bits per heavy atom. The number of nitrogens with one attached hydrogen (secondary N) is 2. The van der Waals surface area contributed by atoms with Gasteiger partial charge in [-0.15, -0.1) is 0 Å². The second-order valence-electron chi connectivity index (χ2n) is 8.22. The van der Waals surface area contributed by atoms with Crippen LogP contribution in [0.25, 0.3) is 10.6 Å². The van der Waals surface area contributed by atoms with Crippen molar-refractivity contribution in [3.8, 4) is 22.2 Å². The molecule has 11 heteroatoms. The maximum atomic E-state index is 14.3. The van der Waals surface area contributed by atoms with E-state index in [4.69, 9.17) is 9.26 Å². The van der Waals surface area contributed by atoms with Gasteiger partial charge < -0.3 is 14.6 Å². The van der Waals surface area contributed by atoms with Crippen LogP contribution in [0.4, 0.5) is 20.8 Å². The third-order valence-electron chi connectivity index (χ3n) is 4.45. The van der Waals surface area contributed by atoms with E-state index in [2.05, 4.69) is 30.1 Å². The summed E-state index contributed by atoms with van der Waals surface area (Å²) in [6.07, 6.45) is 1.37. The fourth-order valence-electron chi connectivity index (χ4n) is 2.75. The van der Waals surface area contributed by atoms with Crippen LogP contribution in [0, 0.1) is 12.7 Å². The second-order valence-corrected chi connectivity index (χ2v) is 9.03. The van der Waals surface area contributed by atoms with Gasteiger partial charge in [-0.3, -0.25) is 5.32 Å². The molecule has 0 aliphatic heterocycles. The quantitative estimate of drug-likeness (QED) is 0.382. The SMILES string of the molecule is Cc1cc(-c2cc(Oc3ccc(F)c(NC(=O)Nc4cc(C(C)(C)C)no4)c3)ncn2)sn1. The Labute approximate surface area is 193 Å². The lowest BCUT2D eigenvalue weighted by Crippen LogP contribution is -2.20. The molecule has 3 heterocycles. The van der Waals surface area contributed by atoms with E-state index in [1.54, 1.807) is 12.1 Å². The predicted octanol–water partition coefficient (Wildman–Crippen LogP) is 5.77. The average Bonchev–Trinajstić information content (AvgIpc) is 3.40. The normalized spacial score (nSPS) is 11.3. The van der Waals surface area contributed by atoms with E-state index in [1.165, 1.54) is 36.1 Å². The van der Waals surface area contributed by atoms with Crippen LogP contribution in [0.15, 0.2) is 47.2 Å². The van der Waals surface area contributed by atoms with Gasteiger partial charge in [0.25, 0.3) is 0 Å². The standard InChI is InChI=1S/C22H21FN6O3S/c1-12-7-17(33-29-12)16-9-19(25-11-24-16)31-13-5-6-14(23)15(8-13)26-21(30)27-20-10-18(28-32-20)22(2,3)4/h5-11H,1-4H3,(H2,26,27,30). The Hall–Kier alpha value is -3.86. The van der Waals surface area contributed by atoms with Crippen LogP contribution in [-0.4, -0.2) is 25.5 Å². The number of benzene rings is 1. The fraction of sp³-hybridized carbons (Fsp3) is 0.227. The third-order valence-corrected chi connectivity index (χ3v) is 5.35. The number of hydrogen-bond acceptors (Lipinski definition) is 8. The molecule has 0 atom stereocenters. The van der Waals surface area contributed by atoms with Crippen LogP contribution in [-0.2, 0) is 5.41 Å². The average molecular weight is 469 g/mol. The molecule has 0 saturated heterocycles. The smallest absolute Gasteiger partial charge is 0.326 e. The van der Waals surface area contributed by atoms with Crippen molar-refractivity contribution in [1.82, 2.24) is 19.5 Å². The lowest BCUT2D eigenvalue weighted by molar-refractivity contribution is 0.261. The maximum Gasteiger partial charge on any atom is 0.326 e. The van der Waals surface area contributed by atoms with Crippen molar-refractivity contribution >= 4 is 29.1 Å². The van der Waals surface area contributed by atoms with E-state index >= 15 is 0 Å². The molecule has 0 spiro atoms. The van der Waals surface area contributed by atoms with Gasteiger partial charge in [-0.05, 0) is 36.7 Å². The van der Waals surface area contributed by atoms with Gasteiger partial charge in [0.05, 0.1) is 27.6 Å². The molecule has 0 bridgehead atoms. The molecular formula is C22H21FN6O3S. The molecule has 0 unspecified atom stereocenters. The Kier molecular flexibility index (Phi) is 6.05. The Balaban J connectivity index is 1.46. The first-order valence-electron chi connectivity index (χ1n) is 9.96. The summed E-state index contributed by atoms with van der Waals surface area (Å²) in [4.78, 5) is 21.5. The van der Waals surface area contributed by atoms with Crippen LogP contribution < -0.4 is 15.4 Å². The molecular weight excluding hydrogens is 447 g/mol. The van der Waals surface area contributed by atoms with E-state index < -0.39 is 11.8 Å². The van der Waals surface area contributed by atoms with Crippen molar-refractivity contribution in [2.45, 2.75) is 33.1 Å². The Bertz CT molecular complexity index is 1300. The molecule has 0 radical (unpaired) electrons. The van der Waals surface area contributed by atoms with E-state index in [1.807, 2.05) is 33.8 Å². The van der Waals surface area contributed by atoms with Gasteiger partial charge in [-0.2, -0.15) is 4.37 Å². The van der Waals surface area contributed by atoms with Crippen molar-refractivity contribution in [3.05, 3.63) is 59.9 Å². The number of aromatic nitrogens is 4. The largest absolute Gasteiger partial charge is 0.439 e. The molecule has 1 aromatic carbocycles. The number of aryl methyl sites for hydroxylation is 1. The van der Waals surface area contributed by atoms with Crippen LogP contribution >= 0.6 is 11.5 Å². The zero-order valence-electron chi connectivity index (χ0n) is 18.3. The zero-order chi connectivity index (χ0) is 23.6. The minimum atomic E-state index is -0.687. The van der Waals surface area contributed by atoms with Gasteiger partial charge in [0.2, 0.25) is 11.8 Å². The number of nitrogens with zero attached hydrogens (tertiary/aromatic N) is 4. The van der Waals surface area contributed by atoms with Crippen LogP contribution in [0.2, 0.25) is 0 Å². The number of amides is 2. The number of anilines is 2. The first kappa shape index (κ1) is 22.3. The van der Waals surface area contributed by atoms with Crippen molar-refractivity contribution < 1.29 is 18.4 Å². The van der Waals surface area contributed by atoms with Crippen molar-refractivity contribution in [2.24, 2.45) is 0 Å². The summed E-state index contributed by atoms with van der Waals surface area (Å²) in [6.45, 7) is 7.80. The minimum absolute atomic E-state index is 0.0760.